The van der Waals surface area contributed by atoms with E-state index >= 15 is 0 Å². The highest BCUT2D eigenvalue weighted by atomic mass is 32.2. The van der Waals surface area contributed by atoms with Crippen LogP contribution in [0.2, 0.25) is 0 Å². The van der Waals surface area contributed by atoms with Gasteiger partial charge >= 0.3 is 5.97 Å². The van der Waals surface area contributed by atoms with Crippen LogP contribution >= 0.6 is 11.8 Å². The monoisotopic (exact) mass is 378 g/mol. The van der Waals surface area contributed by atoms with Gasteiger partial charge in [-0.05, 0) is 55.4 Å². The van der Waals surface area contributed by atoms with E-state index in [1.165, 1.54) is 10.9 Å². The molecule has 0 aliphatic carbocycles. The number of aryl methyl sites for hydroxylation is 2. The van der Waals surface area contributed by atoms with Gasteiger partial charge in [0, 0.05) is 28.4 Å². The van der Waals surface area contributed by atoms with E-state index < -0.39 is 5.97 Å². The molecule has 0 atom stereocenters. The normalized spacial score (nSPS) is 12.1. The summed E-state index contributed by atoms with van der Waals surface area (Å²) in [6.45, 7) is 4.77. The van der Waals surface area contributed by atoms with Crippen molar-refractivity contribution in [3.63, 3.8) is 0 Å². The summed E-state index contributed by atoms with van der Waals surface area (Å²) in [4.78, 5) is 16.0. The lowest BCUT2D eigenvalue weighted by molar-refractivity contribution is -0.131. The first kappa shape index (κ1) is 17.4. The first-order valence-corrected chi connectivity index (χ1v) is 9.41. The van der Waals surface area contributed by atoms with Gasteiger partial charge in [-0.15, -0.1) is 5.10 Å². The Bertz CT molecular complexity index is 1190. The van der Waals surface area contributed by atoms with Crippen LogP contribution in [0.25, 0.3) is 27.9 Å². The Morgan fingerprint density at radius 3 is 2.70 bits per heavy atom. The molecule has 0 spiro atoms. The fraction of sp³-hybridized carbons (Fsp3) is 0.150. The number of aliphatic carboxylic acids is 1. The third-order valence-corrected chi connectivity index (χ3v) is 5.28. The number of hydrogen-bond donors (Lipinski definition) is 2. The molecular weight excluding hydrogens is 360 g/mol. The number of thioether (sulfide) groups is 1. The number of nitrogens with zero attached hydrogens (tertiary/aromatic N) is 3. The van der Waals surface area contributed by atoms with E-state index in [2.05, 4.69) is 38.8 Å². The second kappa shape index (κ2) is 6.92. The highest BCUT2D eigenvalue weighted by molar-refractivity contribution is 8.04. The Morgan fingerprint density at radius 1 is 1.22 bits per heavy atom. The summed E-state index contributed by atoms with van der Waals surface area (Å²) in [5.41, 5.74) is 3.16. The van der Waals surface area contributed by atoms with Crippen molar-refractivity contribution >= 4 is 45.6 Å². The minimum absolute atomic E-state index is 0.174. The van der Waals surface area contributed by atoms with Gasteiger partial charge in [-0.2, -0.15) is 0 Å². The van der Waals surface area contributed by atoms with Crippen LogP contribution in [-0.2, 0) is 11.3 Å². The summed E-state index contributed by atoms with van der Waals surface area (Å²) in [6.07, 6.45) is 1.66. The van der Waals surface area contributed by atoms with E-state index in [1.54, 1.807) is 13.0 Å². The molecule has 2 N–H and O–H groups in total. The predicted octanol–water partition coefficient (Wildman–Crippen LogP) is 4.46. The number of carbonyl (C=O) groups is 1. The number of aromatic nitrogens is 4. The van der Waals surface area contributed by atoms with E-state index in [9.17, 15) is 9.90 Å². The zero-order chi connectivity index (χ0) is 19.0. The van der Waals surface area contributed by atoms with Crippen LogP contribution in [0.3, 0.4) is 0 Å². The second-order valence-electron chi connectivity index (χ2n) is 6.16. The van der Waals surface area contributed by atoms with Crippen LogP contribution in [0.5, 0.6) is 0 Å². The second-order valence-corrected chi connectivity index (χ2v) is 7.17. The van der Waals surface area contributed by atoms with Crippen LogP contribution < -0.4 is 0 Å². The third-order valence-electron chi connectivity index (χ3n) is 4.40. The number of hydrogen-bond acceptors (Lipinski definition) is 4. The molecule has 6 nitrogen and oxygen atoms in total. The van der Waals surface area contributed by atoms with Crippen molar-refractivity contribution in [2.45, 2.75) is 25.5 Å². The van der Waals surface area contributed by atoms with Gasteiger partial charge in [-0.1, -0.05) is 24.3 Å². The largest absolute Gasteiger partial charge is 0.477 e. The fourth-order valence-corrected chi connectivity index (χ4v) is 4.01. The maximum atomic E-state index is 11.7. The number of nitrogens with one attached hydrogen (secondary N) is 1. The van der Waals surface area contributed by atoms with Crippen molar-refractivity contribution in [2.24, 2.45) is 0 Å². The number of rotatable bonds is 5. The van der Waals surface area contributed by atoms with Gasteiger partial charge in [-0.3, -0.25) is 5.10 Å². The van der Waals surface area contributed by atoms with E-state index in [-0.39, 0.29) is 4.91 Å². The Balaban J connectivity index is 1.81. The fourth-order valence-electron chi connectivity index (χ4n) is 3.25. The van der Waals surface area contributed by atoms with Crippen LogP contribution in [0.15, 0.2) is 52.5 Å². The number of carboxylic acid groups (broad SMARTS) is 1. The van der Waals surface area contributed by atoms with Crippen molar-refractivity contribution in [3.8, 4) is 0 Å². The highest BCUT2D eigenvalue weighted by Crippen LogP contribution is 2.31. The highest BCUT2D eigenvalue weighted by Gasteiger charge is 2.14. The molecule has 0 bridgehead atoms. The number of fused-ring (bicyclic) bond motifs is 3. The summed E-state index contributed by atoms with van der Waals surface area (Å²) in [5, 5.41) is 19.0. The molecule has 7 heteroatoms. The molecule has 2 heterocycles. The van der Waals surface area contributed by atoms with Crippen molar-refractivity contribution in [1.29, 1.82) is 0 Å². The maximum absolute atomic E-state index is 11.7. The predicted molar refractivity (Wildman–Crippen MR) is 108 cm³/mol. The minimum atomic E-state index is -1.00. The van der Waals surface area contributed by atoms with E-state index in [1.807, 2.05) is 30.3 Å². The van der Waals surface area contributed by atoms with Gasteiger partial charge in [-0.25, -0.2) is 9.78 Å². The molecule has 0 aliphatic heterocycles. The van der Waals surface area contributed by atoms with Crippen LogP contribution in [-0.4, -0.2) is 30.8 Å². The molecule has 4 rings (SSSR count). The Labute approximate surface area is 159 Å². The average Bonchev–Trinajstić information content (AvgIpc) is 3.21. The molecule has 136 valence electrons. The van der Waals surface area contributed by atoms with Gasteiger partial charge < -0.3 is 9.67 Å². The van der Waals surface area contributed by atoms with Crippen molar-refractivity contribution in [2.75, 3.05) is 0 Å². The summed E-state index contributed by atoms with van der Waals surface area (Å²) in [6, 6.07) is 14.3. The average molecular weight is 378 g/mol. The van der Waals surface area contributed by atoms with Crippen LogP contribution in [0, 0.1) is 6.92 Å². The molecule has 2 aromatic carbocycles. The van der Waals surface area contributed by atoms with E-state index in [0.717, 1.165) is 34.8 Å². The van der Waals surface area contributed by atoms with Crippen molar-refractivity contribution in [3.05, 3.63) is 58.8 Å². The Hall–Kier alpha value is -3.06. The summed E-state index contributed by atoms with van der Waals surface area (Å²) >= 11 is 1.03. The molecule has 0 amide bonds. The lowest BCUT2D eigenvalue weighted by Gasteiger charge is -2.03. The third kappa shape index (κ3) is 3.21. The van der Waals surface area contributed by atoms with Gasteiger partial charge in [0.2, 0.25) is 5.16 Å². The molecule has 2 aromatic heterocycles. The van der Waals surface area contributed by atoms with Gasteiger partial charge in [0.1, 0.15) is 10.7 Å². The molecular formula is C20H18N4O2S. The molecule has 0 fully saturated rings. The topological polar surface area (TPSA) is 83.8 Å². The number of H-pyrrole nitrogens is 1. The minimum Gasteiger partial charge on any atom is -0.477 e. The zero-order valence-electron chi connectivity index (χ0n) is 14.9. The van der Waals surface area contributed by atoms with Gasteiger partial charge in [0.05, 0.1) is 0 Å². The molecule has 27 heavy (non-hydrogen) atoms. The van der Waals surface area contributed by atoms with Crippen molar-refractivity contribution in [1.82, 2.24) is 19.7 Å². The molecule has 0 radical (unpaired) electrons. The van der Waals surface area contributed by atoms with Gasteiger partial charge in [0.15, 0.2) is 0 Å². The molecule has 0 saturated heterocycles. The Morgan fingerprint density at radius 2 is 2.00 bits per heavy atom. The zero-order valence-corrected chi connectivity index (χ0v) is 15.7. The number of para-hydroxylation sites is 1. The number of aromatic amines is 1. The first-order chi connectivity index (χ1) is 13.1. The first-order valence-electron chi connectivity index (χ1n) is 8.59. The summed E-state index contributed by atoms with van der Waals surface area (Å²) < 4.78 is 2.27. The maximum Gasteiger partial charge on any atom is 0.342 e. The van der Waals surface area contributed by atoms with Crippen molar-refractivity contribution < 1.29 is 9.90 Å². The lowest BCUT2D eigenvalue weighted by Crippen LogP contribution is -1.97. The molecule has 4 aromatic rings. The lowest BCUT2D eigenvalue weighted by atomic mass is 10.1. The standard InChI is InChI=1S/C20H18N4O2S/c1-3-24-16-7-5-4-6-14(16)15-10-13(8-9-17(15)24)11-18(19(25)26)27-20-21-12(2)22-23-20/h4-11H,3H2,1-2H3,(H,25,26)(H,21,22,23). The SMILES string of the molecule is CCn1c2ccccc2c2cc(C=C(Sc3n[nH]c(C)n3)C(=O)O)ccc21. The smallest absolute Gasteiger partial charge is 0.342 e. The Kier molecular flexibility index (Phi) is 4.45. The summed E-state index contributed by atoms with van der Waals surface area (Å²) in [5.74, 6) is -0.352. The summed E-state index contributed by atoms with van der Waals surface area (Å²) in [7, 11) is 0. The van der Waals surface area contributed by atoms with E-state index in [0.29, 0.717) is 11.0 Å². The van der Waals surface area contributed by atoms with Crippen LogP contribution in [0.4, 0.5) is 0 Å². The molecule has 0 aliphatic rings. The number of carboxylic acids is 1. The quantitative estimate of drug-likeness (QED) is 0.396. The number of benzene rings is 2. The van der Waals surface area contributed by atoms with Gasteiger partial charge in [0.25, 0.3) is 0 Å². The molecule has 0 unspecified atom stereocenters. The molecule has 0 saturated carbocycles. The van der Waals surface area contributed by atoms with E-state index in [4.69, 9.17) is 0 Å². The van der Waals surface area contributed by atoms with Crippen LogP contribution in [0.1, 0.15) is 18.3 Å².